The third-order valence-corrected chi connectivity index (χ3v) is 3.68. The minimum atomic E-state index is -0.265. The van der Waals surface area contributed by atoms with E-state index in [2.05, 4.69) is 35.2 Å². The molecule has 18 heavy (non-hydrogen) atoms. The van der Waals surface area contributed by atoms with E-state index in [4.69, 9.17) is 5.73 Å². The molecule has 0 aliphatic rings. The number of thiophene rings is 1. The van der Waals surface area contributed by atoms with Crippen LogP contribution >= 0.6 is 11.3 Å². The van der Waals surface area contributed by atoms with Crippen LogP contribution in [0.4, 0.5) is 5.82 Å². The van der Waals surface area contributed by atoms with Gasteiger partial charge in [0.25, 0.3) is 5.91 Å². The molecule has 0 saturated carbocycles. The normalized spacial score (nSPS) is 10.3. The lowest BCUT2D eigenvalue weighted by Crippen LogP contribution is -2.23. The minimum absolute atomic E-state index is 0.236. The van der Waals surface area contributed by atoms with E-state index >= 15 is 0 Å². The molecule has 0 radical (unpaired) electrons. The molecule has 1 amide bonds. The van der Waals surface area contributed by atoms with Crippen LogP contribution in [0, 0.1) is 13.8 Å². The second kappa shape index (κ2) is 5.14. The molecule has 0 aliphatic carbocycles. The number of hydrogen-bond acceptors (Lipinski definition) is 5. The third kappa shape index (κ3) is 2.84. The Kier molecular flexibility index (Phi) is 3.57. The molecule has 94 valence electrons. The first-order chi connectivity index (χ1) is 8.56. The maximum absolute atomic E-state index is 11.8. The van der Waals surface area contributed by atoms with Crippen molar-refractivity contribution in [2.45, 2.75) is 20.4 Å². The number of carbonyl (C=O) groups is 1. The summed E-state index contributed by atoms with van der Waals surface area (Å²) < 4.78 is 0. The highest BCUT2D eigenvalue weighted by molar-refractivity contribution is 7.12. The molecule has 6 heteroatoms. The van der Waals surface area contributed by atoms with Crippen molar-refractivity contribution >= 4 is 23.1 Å². The van der Waals surface area contributed by atoms with E-state index in [0.717, 1.165) is 4.88 Å². The van der Waals surface area contributed by atoms with E-state index in [1.807, 2.05) is 0 Å². The Labute approximate surface area is 109 Å². The van der Waals surface area contributed by atoms with Gasteiger partial charge in [-0.05, 0) is 25.5 Å². The summed E-state index contributed by atoms with van der Waals surface area (Å²) in [5.74, 6) is -0.0241. The highest BCUT2D eigenvalue weighted by Gasteiger charge is 2.09. The molecule has 0 saturated heterocycles. The highest BCUT2D eigenvalue weighted by Crippen LogP contribution is 2.20. The Balaban J connectivity index is 2.00. The Morgan fingerprint density at radius 2 is 2.22 bits per heavy atom. The van der Waals surface area contributed by atoms with E-state index in [1.54, 1.807) is 11.3 Å². The van der Waals surface area contributed by atoms with Crippen molar-refractivity contribution in [3.05, 3.63) is 39.5 Å². The zero-order chi connectivity index (χ0) is 13.1. The van der Waals surface area contributed by atoms with Crippen LogP contribution in [0.25, 0.3) is 0 Å². The number of rotatable bonds is 3. The molecule has 3 N–H and O–H groups in total. The van der Waals surface area contributed by atoms with E-state index < -0.39 is 0 Å². The number of nitrogens with two attached hydrogens (primary N) is 1. The van der Waals surface area contributed by atoms with Crippen molar-refractivity contribution in [3.63, 3.8) is 0 Å². The van der Waals surface area contributed by atoms with Gasteiger partial charge in [0, 0.05) is 9.75 Å². The quantitative estimate of drug-likeness (QED) is 0.881. The molecule has 0 fully saturated rings. The second-order valence-electron chi connectivity index (χ2n) is 3.96. The number of hydrogen-bond donors (Lipinski definition) is 2. The van der Waals surface area contributed by atoms with E-state index in [0.29, 0.717) is 6.54 Å². The third-order valence-electron chi connectivity index (χ3n) is 2.53. The molecule has 0 unspecified atom stereocenters. The largest absolute Gasteiger partial charge is 0.382 e. The Hall–Kier alpha value is -1.95. The number of nitrogen functional groups attached to an aromatic ring is 1. The van der Waals surface area contributed by atoms with Gasteiger partial charge in [0.15, 0.2) is 0 Å². The number of aryl methyl sites for hydroxylation is 2. The van der Waals surface area contributed by atoms with E-state index in [9.17, 15) is 4.79 Å². The van der Waals surface area contributed by atoms with Gasteiger partial charge in [0.1, 0.15) is 11.5 Å². The lowest BCUT2D eigenvalue weighted by atomic mass is 10.3. The zero-order valence-corrected chi connectivity index (χ0v) is 11.0. The van der Waals surface area contributed by atoms with Crippen LogP contribution in [-0.2, 0) is 6.54 Å². The summed E-state index contributed by atoms with van der Waals surface area (Å²) in [6.07, 6.45) is 2.80. The number of aromatic nitrogens is 2. The van der Waals surface area contributed by atoms with Gasteiger partial charge in [-0.15, -0.1) is 11.3 Å². The number of anilines is 1. The van der Waals surface area contributed by atoms with Gasteiger partial charge in [-0.3, -0.25) is 9.78 Å². The maximum atomic E-state index is 11.8. The zero-order valence-electron chi connectivity index (χ0n) is 10.2. The fourth-order valence-electron chi connectivity index (χ4n) is 1.49. The van der Waals surface area contributed by atoms with Gasteiger partial charge < -0.3 is 11.1 Å². The van der Waals surface area contributed by atoms with Crippen molar-refractivity contribution in [2.24, 2.45) is 0 Å². The average Bonchev–Trinajstić information content (AvgIpc) is 2.66. The summed E-state index contributed by atoms with van der Waals surface area (Å²) in [6, 6.07) is 2.07. The molecule has 2 rings (SSSR count). The SMILES string of the molecule is Cc1cc(CNC(=O)c2cncc(N)n2)sc1C. The van der Waals surface area contributed by atoms with Crippen molar-refractivity contribution in [1.29, 1.82) is 0 Å². The predicted octanol–water partition coefficient (Wildman–Crippen LogP) is 1.67. The molecule has 0 bridgehead atoms. The molecule has 0 aliphatic heterocycles. The van der Waals surface area contributed by atoms with Gasteiger partial charge >= 0.3 is 0 Å². The summed E-state index contributed by atoms with van der Waals surface area (Å²) in [7, 11) is 0. The predicted molar refractivity (Wildman–Crippen MR) is 71.4 cm³/mol. The summed E-state index contributed by atoms with van der Waals surface area (Å²) in [5, 5.41) is 2.80. The number of nitrogens with zero attached hydrogens (tertiary/aromatic N) is 2. The first kappa shape index (κ1) is 12.5. The maximum Gasteiger partial charge on any atom is 0.271 e. The summed E-state index contributed by atoms with van der Waals surface area (Å²) in [4.78, 5) is 21.9. The molecule has 5 nitrogen and oxygen atoms in total. The molecule has 0 atom stereocenters. The first-order valence-corrected chi connectivity index (χ1v) is 6.29. The topological polar surface area (TPSA) is 80.9 Å². The molecule has 0 spiro atoms. The van der Waals surface area contributed by atoms with Crippen LogP contribution in [0.2, 0.25) is 0 Å². The van der Waals surface area contributed by atoms with Crippen LogP contribution in [0.3, 0.4) is 0 Å². The van der Waals surface area contributed by atoms with Gasteiger partial charge in [-0.2, -0.15) is 0 Å². The molecule has 0 aromatic carbocycles. The fraction of sp³-hybridized carbons (Fsp3) is 0.250. The average molecular weight is 262 g/mol. The van der Waals surface area contributed by atoms with Crippen LogP contribution in [0.15, 0.2) is 18.5 Å². The lowest BCUT2D eigenvalue weighted by molar-refractivity contribution is 0.0946. The minimum Gasteiger partial charge on any atom is -0.382 e. The molecular formula is C12H14N4OS. The lowest BCUT2D eigenvalue weighted by Gasteiger charge is -2.02. The fourth-order valence-corrected chi connectivity index (χ4v) is 2.48. The molecule has 2 aromatic rings. The molecule has 2 heterocycles. The van der Waals surface area contributed by atoms with Crippen molar-refractivity contribution in [3.8, 4) is 0 Å². The van der Waals surface area contributed by atoms with Gasteiger partial charge in [0.05, 0.1) is 18.9 Å². The Morgan fingerprint density at radius 1 is 1.44 bits per heavy atom. The van der Waals surface area contributed by atoms with Gasteiger partial charge in [-0.25, -0.2) is 4.98 Å². The van der Waals surface area contributed by atoms with E-state index in [-0.39, 0.29) is 17.4 Å². The van der Waals surface area contributed by atoms with E-state index in [1.165, 1.54) is 22.8 Å². The highest BCUT2D eigenvalue weighted by atomic mass is 32.1. The summed E-state index contributed by atoms with van der Waals surface area (Å²) in [5.41, 5.74) is 6.95. The van der Waals surface area contributed by atoms with Crippen LogP contribution < -0.4 is 11.1 Å². The summed E-state index contributed by atoms with van der Waals surface area (Å²) in [6.45, 7) is 4.61. The number of amides is 1. The van der Waals surface area contributed by atoms with Crippen LogP contribution in [-0.4, -0.2) is 15.9 Å². The number of carbonyl (C=O) groups excluding carboxylic acids is 1. The number of nitrogens with one attached hydrogen (secondary N) is 1. The van der Waals surface area contributed by atoms with Crippen LogP contribution in [0.1, 0.15) is 25.8 Å². The second-order valence-corrected chi connectivity index (χ2v) is 5.30. The monoisotopic (exact) mass is 262 g/mol. The van der Waals surface area contributed by atoms with Crippen molar-refractivity contribution in [2.75, 3.05) is 5.73 Å². The Morgan fingerprint density at radius 3 is 2.83 bits per heavy atom. The van der Waals surface area contributed by atoms with Crippen LogP contribution in [0.5, 0.6) is 0 Å². The van der Waals surface area contributed by atoms with Gasteiger partial charge in [-0.1, -0.05) is 0 Å². The molecular weight excluding hydrogens is 248 g/mol. The summed E-state index contributed by atoms with van der Waals surface area (Å²) >= 11 is 1.68. The first-order valence-electron chi connectivity index (χ1n) is 5.48. The molecule has 2 aromatic heterocycles. The van der Waals surface area contributed by atoms with Gasteiger partial charge in [0.2, 0.25) is 0 Å². The van der Waals surface area contributed by atoms with Crippen molar-refractivity contribution in [1.82, 2.24) is 15.3 Å². The Bertz CT molecular complexity index is 560. The smallest absolute Gasteiger partial charge is 0.271 e. The van der Waals surface area contributed by atoms with Crippen molar-refractivity contribution < 1.29 is 4.79 Å². The standard InChI is InChI=1S/C12H14N4OS/c1-7-3-9(18-8(7)2)4-15-12(17)10-5-14-6-11(13)16-10/h3,5-6H,4H2,1-2H3,(H2,13,16)(H,15,17).